The van der Waals surface area contributed by atoms with E-state index in [-0.39, 0.29) is 12.8 Å². The lowest BCUT2D eigenvalue weighted by Crippen LogP contribution is -2.10. The lowest BCUT2D eigenvalue weighted by atomic mass is 9.87. The van der Waals surface area contributed by atoms with E-state index < -0.39 is 0 Å². The zero-order valence-corrected chi connectivity index (χ0v) is 8.98. The zero-order chi connectivity index (χ0) is 9.47. The predicted molar refractivity (Wildman–Crippen MR) is 65.1 cm³/mol. The van der Waals surface area contributed by atoms with Crippen LogP contribution >= 0.6 is 11.3 Å². The van der Waals surface area contributed by atoms with E-state index >= 15 is 0 Å². The summed E-state index contributed by atoms with van der Waals surface area (Å²) >= 11 is 1.70. The smallest absolute Gasteiger partial charge is 0.0814 e. The first-order valence-corrected chi connectivity index (χ1v) is 5.29. The Bertz CT molecular complexity index is 423. The van der Waals surface area contributed by atoms with Gasteiger partial charge in [0.2, 0.25) is 0 Å². The molecule has 2 heteroatoms. The molecule has 2 aromatic rings. The van der Waals surface area contributed by atoms with E-state index in [0.717, 1.165) is 5.52 Å². The Balaban J connectivity index is 0.000000980. The van der Waals surface area contributed by atoms with Crippen molar-refractivity contribution in [2.45, 2.75) is 33.6 Å². The van der Waals surface area contributed by atoms with E-state index in [9.17, 15) is 0 Å². The lowest BCUT2D eigenvalue weighted by molar-refractivity contribution is 0.591. The van der Waals surface area contributed by atoms with Gasteiger partial charge in [-0.3, -0.25) is 0 Å². The molecular weight excluding hydrogens is 190 g/mol. The Morgan fingerprint density at radius 1 is 1.21 bits per heavy atom. The van der Waals surface area contributed by atoms with E-state index in [0.29, 0.717) is 0 Å². The summed E-state index contributed by atoms with van der Waals surface area (Å²) in [6.07, 6.45) is 0. The maximum absolute atomic E-state index is 4.31. The normalized spacial score (nSPS) is 11.4. The molecule has 0 spiro atoms. The van der Waals surface area contributed by atoms with Gasteiger partial charge < -0.3 is 0 Å². The van der Waals surface area contributed by atoms with Crippen LogP contribution in [-0.2, 0) is 5.41 Å². The molecule has 0 aliphatic heterocycles. The fourth-order valence-corrected chi connectivity index (χ4v) is 1.98. The topological polar surface area (TPSA) is 12.9 Å². The van der Waals surface area contributed by atoms with Gasteiger partial charge in [-0.05, 0) is 23.1 Å². The molecule has 0 aliphatic rings. The Hall–Kier alpha value is -0.890. The molecule has 1 nitrogen and oxygen atoms in total. The maximum Gasteiger partial charge on any atom is 0.0814 e. The van der Waals surface area contributed by atoms with Crippen molar-refractivity contribution in [3.63, 3.8) is 0 Å². The van der Waals surface area contributed by atoms with E-state index in [4.69, 9.17) is 0 Å². The van der Waals surface area contributed by atoms with Crippen molar-refractivity contribution in [2.75, 3.05) is 0 Å². The highest BCUT2D eigenvalue weighted by Gasteiger charge is 2.13. The van der Waals surface area contributed by atoms with Gasteiger partial charge in [0.15, 0.2) is 0 Å². The number of fused-ring (bicyclic) bond motifs is 1. The van der Waals surface area contributed by atoms with Crippen molar-refractivity contribution >= 4 is 21.6 Å². The van der Waals surface area contributed by atoms with E-state index in [2.05, 4.69) is 44.0 Å². The highest BCUT2D eigenvalue weighted by atomic mass is 32.1. The summed E-state index contributed by atoms with van der Waals surface area (Å²) in [5.41, 5.74) is 4.60. The van der Waals surface area contributed by atoms with E-state index in [1.54, 1.807) is 11.3 Å². The number of rotatable bonds is 0. The summed E-state index contributed by atoms with van der Waals surface area (Å²) in [5, 5.41) is 0. The number of aromatic nitrogens is 1. The third-order valence-electron chi connectivity index (χ3n) is 2.20. The highest BCUT2D eigenvalue weighted by Crippen LogP contribution is 2.26. The zero-order valence-electron chi connectivity index (χ0n) is 8.16. The van der Waals surface area contributed by atoms with Crippen LogP contribution in [0.15, 0.2) is 23.7 Å². The van der Waals surface area contributed by atoms with Crippen LogP contribution in [-0.4, -0.2) is 4.98 Å². The summed E-state index contributed by atoms with van der Waals surface area (Å²) in [5.74, 6) is 0. The van der Waals surface area contributed by atoms with Gasteiger partial charge in [0.1, 0.15) is 0 Å². The summed E-state index contributed by atoms with van der Waals surface area (Å²) in [4.78, 5) is 4.31. The highest BCUT2D eigenvalue weighted by molar-refractivity contribution is 7.16. The number of benzene rings is 1. The molecule has 0 amide bonds. The number of nitrogens with zero attached hydrogens (tertiary/aromatic N) is 1. The first-order chi connectivity index (χ1) is 6.07. The lowest BCUT2D eigenvalue weighted by Gasteiger charge is -2.18. The van der Waals surface area contributed by atoms with Gasteiger partial charge in [0.25, 0.3) is 0 Å². The third kappa shape index (κ3) is 1.95. The average molecular weight is 207 g/mol. The first-order valence-electron chi connectivity index (χ1n) is 4.41. The van der Waals surface area contributed by atoms with Gasteiger partial charge >= 0.3 is 0 Å². The minimum atomic E-state index is 0. The number of hydrogen-bond donors (Lipinski definition) is 0. The van der Waals surface area contributed by atoms with Crippen LogP contribution in [0.25, 0.3) is 10.2 Å². The van der Waals surface area contributed by atoms with Crippen LogP contribution < -0.4 is 0 Å². The standard InChI is InChI=1S/C11H13NS.CH4/c1-11(2,3)8-4-5-10-9(6-8)12-7-13-10;/h4-7H,1-3H3;1H4. The second-order valence-corrected chi connectivity index (χ2v) is 5.17. The van der Waals surface area contributed by atoms with Crippen LogP contribution in [0.5, 0.6) is 0 Å². The molecule has 14 heavy (non-hydrogen) atoms. The molecule has 76 valence electrons. The molecule has 0 unspecified atom stereocenters. The fourth-order valence-electron chi connectivity index (χ4n) is 1.32. The van der Waals surface area contributed by atoms with Gasteiger partial charge in [-0.15, -0.1) is 11.3 Å². The van der Waals surface area contributed by atoms with Crippen molar-refractivity contribution < 1.29 is 0 Å². The molecule has 1 heterocycles. The quantitative estimate of drug-likeness (QED) is 0.630. The molecule has 0 saturated carbocycles. The molecule has 0 aliphatic carbocycles. The third-order valence-corrected chi connectivity index (χ3v) is 3.01. The van der Waals surface area contributed by atoms with Gasteiger partial charge in [-0.25, -0.2) is 4.98 Å². The Morgan fingerprint density at radius 2 is 1.93 bits per heavy atom. The minimum Gasteiger partial charge on any atom is -0.245 e. The van der Waals surface area contributed by atoms with Crippen molar-refractivity contribution in [1.29, 1.82) is 0 Å². The molecule has 1 aromatic carbocycles. The predicted octanol–water partition coefficient (Wildman–Crippen LogP) is 4.23. The molecule has 0 fully saturated rings. The molecule has 0 N–H and O–H groups in total. The fraction of sp³-hybridized carbons (Fsp3) is 0.417. The van der Waals surface area contributed by atoms with Crippen LogP contribution in [0, 0.1) is 0 Å². The van der Waals surface area contributed by atoms with Gasteiger partial charge in [0.05, 0.1) is 15.7 Å². The molecule has 2 rings (SSSR count). The van der Waals surface area contributed by atoms with Crippen molar-refractivity contribution in [1.82, 2.24) is 4.98 Å². The van der Waals surface area contributed by atoms with E-state index in [1.807, 2.05) is 5.51 Å². The molecule has 1 aromatic heterocycles. The van der Waals surface area contributed by atoms with Crippen molar-refractivity contribution in [2.24, 2.45) is 0 Å². The second kappa shape index (κ2) is 3.70. The SMILES string of the molecule is C.CC(C)(C)c1ccc2scnc2c1. The monoisotopic (exact) mass is 207 g/mol. The van der Waals surface area contributed by atoms with Gasteiger partial charge in [0, 0.05) is 0 Å². The summed E-state index contributed by atoms with van der Waals surface area (Å²) in [6, 6.07) is 6.54. The van der Waals surface area contributed by atoms with Crippen molar-refractivity contribution in [3.05, 3.63) is 29.3 Å². The minimum absolute atomic E-state index is 0. The van der Waals surface area contributed by atoms with Crippen LogP contribution in [0.2, 0.25) is 0 Å². The molecule has 0 radical (unpaired) electrons. The Kier molecular flexibility index (Phi) is 2.95. The molecule has 0 bridgehead atoms. The summed E-state index contributed by atoms with van der Waals surface area (Å²) in [6.45, 7) is 6.67. The van der Waals surface area contributed by atoms with Crippen LogP contribution in [0.3, 0.4) is 0 Å². The largest absolute Gasteiger partial charge is 0.245 e. The maximum atomic E-state index is 4.31. The van der Waals surface area contributed by atoms with Crippen molar-refractivity contribution in [3.8, 4) is 0 Å². The average Bonchev–Trinajstić information content (AvgIpc) is 2.47. The number of thiazole rings is 1. The van der Waals surface area contributed by atoms with Crippen LogP contribution in [0.1, 0.15) is 33.8 Å². The van der Waals surface area contributed by atoms with E-state index in [1.165, 1.54) is 10.3 Å². The molecule has 0 saturated heterocycles. The molecular formula is C12H17NS. The Morgan fingerprint density at radius 3 is 2.57 bits per heavy atom. The number of hydrogen-bond acceptors (Lipinski definition) is 2. The molecule has 0 atom stereocenters. The first kappa shape index (κ1) is 11.2. The van der Waals surface area contributed by atoms with Crippen LogP contribution in [0.4, 0.5) is 0 Å². The van der Waals surface area contributed by atoms with Gasteiger partial charge in [-0.2, -0.15) is 0 Å². The Labute approximate surface area is 89.8 Å². The summed E-state index contributed by atoms with van der Waals surface area (Å²) < 4.78 is 1.27. The second-order valence-electron chi connectivity index (χ2n) is 4.28. The summed E-state index contributed by atoms with van der Waals surface area (Å²) in [7, 11) is 0. The van der Waals surface area contributed by atoms with Gasteiger partial charge in [-0.1, -0.05) is 34.3 Å².